The molecule has 0 atom stereocenters. The van der Waals surface area contributed by atoms with Crippen molar-refractivity contribution in [2.24, 2.45) is 0 Å². The Morgan fingerprint density at radius 3 is 2.57 bits per heavy atom. The normalized spacial score (nSPS) is 14.5. The van der Waals surface area contributed by atoms with Crippen LogP contribution in [0.4, 0.5) is 11.9 Å². The van der Waals surface area contributed by atoms with Crippen LogP contribution in [0.1, 0.15) is 18.4 Å². The number of anilines is 2. The lowest BCUT2D eigenvalue weighted by Crippen LogP contribution is -2.21. The SMILES string of the molecule is Clc1nc(NCc2ccccc2Cl)nc(N2CCCC2)n1. The number of hydrogen-bond acceptors (Lipinski definition) is 5. The number of aromatic nitrogens is 3. The summed E-state index contributed by atoms with van der Waals surface area (Å²) >= 11 is 12.1. The Labute approximate surface area is 133 Å². The van der Waals surface area contributed by atoms with Gasteiger partial charge in [0, 0.05) is 24.7 Å². The number of nitrogens with one attached hydrogen (secondary N) is 1. The lowest BCUT2D eigenvalue weighted by Gasteiger charge is -2.15. The van der Waals surface area contributed by atoms with E-state index in [1.54, 1.807) is 0 Å². The zero-order chi connectivity index (χ0) is 14.7. The van der Waals surface area contributed by atoms with Crippen molar-refractivity contribution in [1.82, 2.24) is 15.0 Å². The maximum Gasteiger partial charge on any atom is 0.231 e. The first-order chi connectivity index (χ1) is 10.2. The lowest BCUT2D eigenvalue weighted by atomic mass is 10.2. The van der Waals surface area contributed by atoms with E-state index in [-0.39, 0.29) is 5.28 Å². The summed E-state index contributed by atoms with van der Waals surface area (Å²) < 4.78 is 0. The summed E-state index contributed by atoms with van der Waals surface area (Å²) in [7, 11) is 0. The van der Waals surface area contributed by atoms with E-state index in [1.807, 2.05) is 24.3 Å². The zero-order valence-electron chi connectivity index (χ0n) is 11.4. The van der Waals surface area contributed by atoms with E-state index in [1.165, 1.54) is 0 Å². The van der Waals surface area contributed by atoms with Gasteiger partial charge in [-0.05, 0) is 36.1 Å². The second-order valence-corrected chi connectivity index (χ2v) is 5.61. The highest BCUT2D eigenvalue weighted by molar-refractivity contribution is 6.31. The molecule has 5 nitrogen and oxygen atoms in total. The Hall–Kier alpha value is -1.59. The van der Waals surface area contributed by atoms with Crippen molar-refractivity contribution in [3.63, 3.8) is 0 Å². The van der Waals surface area contributed by atoms with E-state index in [0.717, 1.165) is 31.5 Å². The predicted molar refractivity (Wildman–Crippen MR) is 85.1 cm³/mol. The van der Waals surface area contributed by atoms with Crippen LogP contribution in [0.5, 0.6) is 0 Å². The number of hydrogen-bond donors (Lipinski definition) is 1. The van der Waals surface area contributed by atoms with Crippen LogP contribution in [0.2, 0.25) is 10.3 Å². The van der Waals surface area contributed by atoms with E-state index in [0.29, 0.717) is 23.5 Å². The number of halogens is 2. The van der Waals surface area contributed by atoms with Crippen molar-refractivity contribution >= 4 is 35.1 Å². The topological polar surface area (TPSA) is 53.9 Å². The van der Waals surface area contributed by atoms with Gasteiger partial charge in [0.1, 0.15) is 0 Å². The molecule has 1 aromatic carbocycles. The third-order valence-corrected chi connectivity index (χ3v) is 3.92. The van der Waals surface area contributed by atoms with Crippen LogP contribution in [0.25, 0.3) is 0 Å². The molecule has 1 aromatic heterocycles. The first kappa shape index (κ1) is 14.4. The number of benzene rings is 1. The monoisotopic (exact) mass is 323 g/mol. The summed E-state index contributed by atoms with van der Waals surface area (Å²) in [5, 5.41) is 4.06. The van der Waals surface area contributed by atoms with Gasteiger partial charge in [-0.1, -0.05) is 29.8 Å². The second kappa shape index (κ2) is 6.45. The van der Waals surface area contributed by atoms with Crippen molar-refractivity contribution < 1.29 is 0 Å². The molecular formula is C14H15Cl2N5. The van der Waals surface area contributed by atoms with Gasteiger partial charge in [0.15, 0.2) is 0 Å². The molecule has 0 bridgehead atoms. The molecule has 0 amide bonds. The summed E-state index contributed by atoms with van der Waals surface area (Å²) in [6, 6.07) is 7.66. The van der Waals surface area contributed by atoms with Crippen LogP contribution in [0, 0.1) is 0 Å². The van der Waals surface area contributed by atoms with Crippen molar-refractivity contribution in [3.8, 4) is 0 Å². The molecule has 1 saturated heterocycles. The summed E-state index contributed by atoms with van der Waals surface area (Å²) in [6.45, 7) is 2.47. The quantitative estimate of drug-likeness (QED) is 0.934. The van der Waals surface area contributed by atoms with Crippen LogP contribution in [-0.4, -0.2) is 28.0 Å². The molecule has 7 heteroatoms. The molecule has 110 valence electrons. The molecule has 0 unspecified atom stereocenters. The van der Waals surface area contributed by atoms with E-state index < -0.39 is 0 Å². The van der Waals surface area contributed by atoms with Gasteiger partial charge in [-0.25, -0.2) is 0 Å². The Morgan fingerprint density at radius 1 is 1.05 bits per heavy atom. The Kier molecular flexibility index (Phi) is 4.41. The van der Waals surface area contributed by atoms with E-state index in [2.05, 4.69) is 25.2 Å². The van der Waals surface area contributed by atoms with Gasteiger partial charge in [-0.2, -0.15) is 15.0 Å². The summed E-state index contributed by atoms with van der Waals surface area (Å²) in [6.07, 6.45) is 2.32. The van der Waals surface area contributed by atoms with Gasteiger partial charge >= 0.3 is 0 Å². The molecule has 1 aliphatic rings. The van der Waals surface area contributed by atoms with Gasteiger partial charge in [-0.15, -0.1) is 0 Å². The minimum Gasteiger partial charge on any atom is -0.350 e. The molecule has 0 aliphatic carbocycles. The molecule has 0 saturated carbocycles. The van der Waals surface area contributed by atoms with Crippen LogP contribution in [0.15, 0.2) is 24.3 Å². The predicted octanol–water partition coefficient (Wildman–Crippen LogP) is 3.39. The first-order valence-electron chi connectivity index (χ1n) is 6.86. The minimum atomic E-state index is 0.202. The fraction of sp³-hybridized carbons (Fsp3) is 0.357. The third-order valence-electron chi connectivity index (χ3n) is 3.38. The molecular weight excluding hydrogens is 309 g/mol. The van der Waals surface area contributed by atoms with Crippen molar-refractivity contribution in [2.45, 2.75) is 19.4 Å². The first-order valence-corrected chi connectivity index (χ1v) is 7.62. The molecule has 3 rings (SSSR count). The van der Waals surface area contributed by atoms with Crippen LogP contribution in [-0.2, 0) is 6.54 Å². The van der Waals surface area contributed by atoms with Crippen LogP contribution >= 0.6 is 23.2 Å². The van der Waals surface area contributed by atoms with Gasteiger partial charge in [-0.3, -0.25) is 0 Å². The average molecular weight is 324 g/mol. The maximum atomic E-state index is 6.13. The van der Waals surface area contributed by atoms with Gasteiger partial charge in [0.25, 0.3) is 0 Å². The second-order valence-electron chi connectivity index (χ2n) is 4.87. The molecule has 0 spiro atoms. The molecule has 0 radical (unpaired) electrons. The van der Waals surface area contributed by atoms with Gasteiger partial charge in [0.05, 0.1) is 0 Å². The zero-order valence-corrected chi connectivity index (χ0v) is 12.9. The van der Waals surface area contributed by atoms with Gasteiger partial charge < -0.3 is 10.2 Å². The van der Waals surface area contributed by atoms with E-state index >= 15 is 0 Å². The number of rotatable bonds is 4. The molecule has 2 aromatic rings. The third kappa shape index (κ3) is 3.54. The maximum absolute atomic E-state index is 6.13. The minimum absolute atomic E-state index is 0.202. The average Bonchev–Trinajstić information content (AvgIpc) is 3.00. The van der Waals surface area contributed by atoms with Crippen molar-refractivity contribution in [3.05, 3.63) is 40.1 Å². The van der Waals surface area contributed by atoms with E-state index in [4.69, 9.17) is 23.2 Å². The summed E-state index contributed by atoms with van der Waals surface area (Å²) in [4.78, 5) is 14.8. The highest BCUT2D eigenvalue weighted by Gasteiger charge is 2.16. The van der Waals surface area contributed by atoms with Crippen LogP contribution in [0.3, 0.4) is 0 Å². The highest BCUT2D eigenvalue weighted by Crippen LogP contribution is 2.20. The fourth-order valence-corrected chi connectivity index (χ4v) is 2.65. The molecule has 1 aliphatic heterocycles. The summed E-state index contributed by atoms with van der Waals surface area (Å²) in [5.41, 5.74) is 0.985. The highest BCUT2D eigenvalue weighted by atomic mass is 35.5. The van der Waals surface area contributed by atoms with Crippen molar-refractivity contribution in [1.29, 1.82) is 0 Å². The smallest absolute Gasteiger partial charge is 0.231 e. The standard InChI is InChI=1S/C14H15Cl2N5/c15-11-6-2-1-5-10(11)9-17-13-18-12(16)19-14(20-13)21-7-3-4-8-21/h1-2,5-6H,3-4,7-9H2,(H,17,18,19,20). The Balaban J connectivity index is 1.74. The summed E-state index contributed by atoms with van der Waals surface area (Å²) in [5.74, 6) is 1.10. The van der Waals surface area contributed by atoms with Crippen molar-refractivity contribution in [2.75, 3.05) is 23.3 Å². The fourth-order valence-electron chi connectivity index (χ4n) is 2.29. The molecule has 1 fully saturated rings. The van der Waals surface area contributed by atoms with Crippen LogP contribution < -0.4 is 10.2 Å². The van der Waals surface area contributed by atoms with E-state index in [9.17, 15) is 0 Å². The Bertz CT molecular complexity index is 629. The lowest BCUT2D eigenvalue weighted by molar-refractivity contribution is 0.876. The molecule has 2 heterocycles. The number of nitrogens with zero attached hydrogens (tertiary/aromatic N) is 4. The molecule has 21 heavy (non-hydrogen) atoms. The van der Waals surface area contributed by atoms with Gasteiger partial charge in [0.2, 0.25) is 17.2 Å². The Morgan fingerprint density at radius 2 is 1.81 bits per heavy atom. The molecule has 1 N–H and O–H groups in total. The largest absolute Gasteiger partial charge is 0.350 e.